The highest BCUT2D eigenvalue weighted by molar-refractivity contribution is 7.85. The third-order valence-corrected chi connectivity index (χ3v) is 9.62. The molecule has 11 heteroatoms. The summed E-state index contributed by atoms with van der Waals surface area (Å²) in [5.41, 5.74) is 0.897. The molecule has 1 unspecified atom stereocenters. The number of halogens is 3. The minimum atomic E-state index is -4.60. The molecule has 3 heterocycles. The fourth-order valence-electron chi connectivity index (χ4n) is 5.61. The standard InChI is InChI=1S/C27H33F3N6OS/c1-17(2)36-9-7-26(8-10-36)12-21(13-26)38(37)20-5-6-23(18(3)11-20)33-25-31-15-22(27(28,29)30)24(34-25)19-14-32-35(4)16-19/h5-6,11,14-17,21H,7-10,12-13H2,1-4H3,(H,31,33,34). The van der Waals surface area contributed by atoms with Gasteiger partial charge in [-0.2, -0.15) is 18.3 Å². The molecule has 0 radical (unpaired) electrons. The largest absolute Gasteiger partial charge is 0.419 e. The number of rotatable bonds is 6. The predicted molar refractivity (Wildman–Crippen MR) is 142 cm³/mol. The van der Waals surface area contributed by atoms with E-state index in [1.54, 1.807) is 13.1 Å². The predicted octanol–water partition coefficient (Wildman–Crippen LogP) is 5.71. The second kappa shape index (κ2) is 10.1. The zero-order valence-electron chi connectivity index (χ0n) is 22.0. The summed E-state index contributed by atoms with van der Waals surface area (Å²) >= 11 is 0. The van der Waals surface area contributed by atoms with Gasteiger partial charge in [0.2, 0.25) is 5.95 Å². The number of aromatic nitrogens is 4. The van der Waals surface area contributed by atoms with Gasteiger partial charge in [-0.25, -0.2) is 9.97 Å². The zero-order chi connectivity index (χ0) is 27.2. The molecule has 0 bridgehead atoms. The summed E-state index contributed by atoms with van der Waals surface area (Å²) in [5.74, 6) is 0.0440. The molecule has 1 saturated carbocycles. The van der Waals surface area contributed by atoms with Gasteiger partial charge in [0.05, 0.1) is 22.7 Å². The van der Waals surface area contributed by atoms with E-state index in [9.17, 15) is 17.4 Å². The average Bonchev–Trinajstić information content (AvgIpc) is 3.29. The monoisotopic (exact) mass is 546 g/mol. The Labute approximate surface area is 223 Å². The van der Waals surface area contributed by atoms with Crippen LogP contribution in [-0.2, 0) is 24.0 Å². The van der Waals surface area contributed by atoms with Gasteiger partial charge < -0.3 is 10.2 Å². The van der Waals surface area contributed by atoms with Crippen LogP contribution in [0.1, 0.15) is 50.7 Å². The second-order valence-corrected chi connectivity index (χ2v) is 12.6. The van der Waals surface area contributed by atoms with Gasteiger partial charge in [-0.1, -0.05) is 0 Å². The molecule has 1 N–H and O–H groups in total. The normalized spacial score (nSPS) is 19.1. The SMILES string of the molecule is Cc1cc(S(=O)C2CC3(CCN(C(C)C)CC3)C2)ccc1Nc1ncc(C(F)(F)F)c(-c2cnn(C)c2)n1. The first-order chi connectivity index (χ1) is 17.9. The van der Waals surface area contributed by atoms with Gasteiger partial charge in [0.1, 0.15) is 5.56 Å². The molecule has 2 fully saturated rings. The Morgan fingerprint density at radius 2 is 1.87 bits per heavy atom. The van der Waals surface area contributed by atoms with E-state index >= 15 is 0 Å². The van der Waals surface area contributed by atoms with Gasteiger partial charge in [0.15, 0.2) is 0 Å². The smallest absolute Gasteiger partial charge is 0.324 e. The first-order valence-corrected chi connectivity index (χ1v) is 14.1. The fraction of sp³-hybridized carbons (Fsp3) is 0.519. The molecule has 2 aliphatic rings. The van der Waals surface area contributed by atoms with Crippen molar-refractivity contribution in [2.24, 2.45) is 12.5 Å². The summed E-state index contributed by atoms with van der Waals surface area (Å²) in [7, 11) is 0.532. The van der Waals surface area contributed by atoms with E-state index in [-0.39, 0.29) is 22.5 Å². The number of nitrogens with zero attached hydrogens (tertiary/aromatic N) is 5. The Morgan fingerprint density at radius 3 is 2.45 bits per heavy atom. The molecule has 1 aromatic carbocycles. The summed E-state index contributed by atoms with van der Waals surface area (Å²) in [6.07, 6.45) is 3.36. The molecule has 2 aromatic heterocycles. The zero-order valence-corrected chi connectivity index (χ0v) is 22.9. The Balaban J connectivity index is 1.28. The lowest BCUT2D eigenvalue weighted by atomic mass is 9.63. The lowest BCUT2D eigenvalue weighted by Gasteiger charge is -2.52. The first kappa shape index (κ1) is 26.8. The number of aryl methyl sites for hydroxylation is 2. The van der Waals surface area contributed by atoms with Crippen LogP contribution in [0.25, 0.3) is 11.3 Å². The maximum Gasteiger partial charge on any atom is 0.419 e. The third kappa shape index (κ3) is 5.36. The molecule has 3 aromatic rings. The lowest BCUT2D eigenvalue weighted by molar-refractivity contribution is -0.137. The molecule has 1 saturated heterocycles. The van der Waals surface area contributed by atoms with Crippen LogP contribution in [0.2, 0.25) is 0 Å². The highest BCUT2D eigenvalue weighted by Crippen LogP contribution is 2.52. The van der Waals surface area contributed by atoms with E-state index in [2.05, 4.69) is 39.1 Å². The van der Waals surface area contributed by atoms with Gasteiger partial charge in [-0.3, -0.25) is 8.89 Å². The number of alkyl halides is 3. The minimum absolute atomic E-state index is 0.0440. The van der Waals surface area contributed by atoms with Crippen molar-refractivity contribution in [3.05, 3.63) is 47.9 Å². The van der Waals surface area contributed by atoms with Crippen LogP contribution < -0.4 is 5.32 Å². The van der Waals surface area contributed by atoms with Crippen LogP contribution >= 0.6 is 0 Å². The van der Waals surface area contributed by atoms with Gasteiger partial charge in [0.25, 0.3) is 0 Å². The van der Waals surface area contributed by atoms with E-state index < -0.39 is 22.5 Å². The van der Waals surface area contributed by atoms with Crippen molar-refractivity contribution in [1.82, 2.24) is 24.6 Å². The Bertz CT molecular complexity index is 1340. The van der Waals surface area contributed by atoms with E-state index in [1.165, 1.54) is 29.9 Å². The minimum Gasteiger partial charge on any atom is -0.324 e. The van der Waals surface area contributed by atoms with Crippen molar-refractivity contribution in [1.29, 1.82) is 0 Å². The quantitative estimate of drug-likeness (QED) is 0.427. The topological polar surface area (TPSA) is 75.9 Å². The molecule has 0 amide bonds. The van der Waals surface area contributed by atoms with Crippen molar-refractivity contribution in [2.75, 3.05) is 18.4 Å². The second-order valence-electron chi connectivity index (χ2n) is 10.9. The van der Waals surface area contributed by atoms with Gasteiger partial charge in [-0.15, -0.1) is 0 Å². The van der Waals surface area contributed by atoms with Crippen molar-refractivity contribution in [2.45, 2.75) is 68.8 Å². The molecule has 5 rings (SSSR count). The van der Waals surface area contributed by atoms with E-state index in [0.717, 1.165) is 42.6 Å². The van der Waals surface area contributed by atoms with Gasteiger partial charge in [-0.05, 0) is 88.7 Å². The first-order valence-electron chi connectivity index (χ1n) is 12.9. The number of nitrogens with one attached hydrogen (secondary N) is 1. The highest BCUT2D eigenvalue weighted by Gasteiger charge is 2.48. The van der Waals surface area contributed by atoms with Crippen molar-refractivity contribution >= 4 is 22.4 Å². The van der Waals surface area contributed by atoms with Gasteiger partial charge >= 0.3 is 6.18 Å². The summed E-state index contributed by atoms with van der Waals surface area (Å²) in [5, 5.41) is 7.17. The summed E-state index contributed by atoms with van der Waals surface area (Å²) in [6.45, 7) is 8.58. The molecular weight excluding hydrogens is 513 g/mol. The lowest BCUT2D eigenvalue weighted by Crippen LogP contribution is -2.51. The number of benzene rings is 1. The maximum atomic E-state index is 13.6. The summed E-state index contributed by atoms with van der Waals surface area (Å²) in [4.78, 5) is 11.4. The number of hydrogen-bond acceptors (Lipinski definition) is 6. The van der Waals surface area contributed by atoms with Crippen molar-refractivity contribution in [3.63, 3.8) is 0 Å². The Morgan fingerprint density at radius 1 is 1.16 bits per heavy atom. The van der Waals surface area contributed by atoms with Crippen molar-refractivity contribution < 1.29 is 17.4 Å². The molecule has 7 nitrogen and oxygen atoms in total. The third-order valence-electron chi connectivity index (χ3n) is 7.96. The van der Waals surface area contributed by atoms with Crippen LogP contribution in [0, 0.1) is 12.3 Å². The van der Waals surface area contributed by atoms with Crippen LogP contribution in [-0.4, -0.2) is 53.2 Å². The fourth-order valence-corrected chi connectivity index (χ4v) is 7.50. The summed E-state index contributed by atoms with van der Waals surface area (Å²) < 4.78 is 55.5. The van der Waals surface area contributed by atoms with Crippen LogP contribution in [0.4, 0.5) is 24.8 Å². The van der Waals surface area contributed by atoms with E-state index in [4.69, 9.17) is 0 Å². The van der Waals surface area contributed by atoms with Crippen LogP contribution in [0.5, 0.6) is 0 Å². The van der Waals surface area contributed by atoms with Crippen molar-refractivity contribution in [3.8, 4) is 11.3 Å². The van der Waals surface area contributed by atoms with E-state index in [1.807, 2.05) is 19.1 Å². The number of piperidine rings is 1. The molecule has 204 valence electrons. The molecule has 1 aliphatic heterocycles. The van der Waals surface area contributed by atoms with Crippen LogP contribution in [0.3, 0.4) is 0 Å². The summed E-state index contributed by atoms with van der Waals surface area (Å²) in [6, 6.07) is 6.08. The molecule has 1 spiro atoms. The Kier molecular flexibility index (Phi) is 7.10. The average molecular weight is 547 g/mol. The Hall–Kier alpha value is -2.79. The number of anilines is 2. The number of likely N-dealkylation sites (tertiary alicyclic amines) is 1. The molecular formula is C27H33F3N6OS. The number of hydrogen-bond donors (Lipinski definition) is 1. The van der Waals surface area contributed by atoms with E-state index in [0.29, 0.717) is 17.1 Å². The molecule has 1 atom stereocenters. The van der Waals surface area contributed by atoms with Crippen LogP contribution in [0.15, 0.2) is 41.7 Å². The molecule has 1 aliphatic carbocycles. The van der Waals surface area contributed by atoms with Gasteiger partial charge in [0, 0.05) is 46.9 Å². The molecule has 38 heavy (non-hydrogen) atoms. The highest BCUT2D eigenvalue weighted by atomic mass is 32.2. The maximum absolute atomic E-state index is 13.6.